The van der Waals surface area contributed by atoms with Gasteiger partial charge in [0.2, 0.25) is 0 Å². The topological polar surface area (TPSA) is 20.2 Å². The average Bonchev–Trinajstić information content (AvgIpc) is 2.32. The Morgan fingerprint density at radius 2 is 1.30 bits per heavy atom. The van der Waals surface area contributed by atoms with E-state index >= 15 is 0 Å². The lowest BCUT2D eigenvalue weighted by atomic mass is 9.93. The van der Waals surface area contributed by atoms with Gasteiger partial charge in [-0.2, -0.15) is 0 Å². The van der Waals surface area contributed by atoms with Crippen molar-refractivity contribution in [2.24, 2.45) is 0 Å². The molecule has 2 rings (SSSR count). The van der Waals surface area contributed by atoms with Gasteiger partial charge in [-0.15, -0.1) is 0 Å². The molecule has 20 heavy (non-hydrogen) atoms. The molecule has 1 nitrogen and oxygen atoms in total. The van der Waals surface area contributed by atoms with E-state index in [2.05, 4.69) is 65.0 Å². The third-order valence-corrected chi connectivity index (χ3v) is 3.95. The fourth-order valence-electron chi connectivity index (χ4n) is 2.86. The molecule has 0 aliphatic heterocycles. The summed E-state index contributed by atoms with van der Waals surface area (Å²) >= 11 is 0. The van der Waals surface area contributed by atoms with Crippen molar-refractivity contribution in [3.05, 3.63) is 69.3 Å². The van der Waals surface area contributed by atoms with Crippen molar-refractivity contribution in [2.45, 2.75) is 47.1 Å². The van der Waals surface area contributed by atoms with Crippen LogP contribution in [0.25, 0.3) is 0 Å². The Hall–Kier alpha value is -1.60. The molecule has 0 spiro atoms. The van der Waals surface area contributed by atoms with Gasteiger partial charge >= 0.3 is 0 Å². The van der Waals surface area contributed by atoms with E-state index < -0.39 is 6.10 Å². The molecule has 0 aliphatic carbocycles. The van der Waals surface area contributed by atoms with E-state index in [1.165, 1.54) is 33.4 Å². The van der Waals surface area contributed by atoms with Gasteiger partial charge in [-0.25, -0.2) is 0 Å². The highest BCUT2D eigenvalue weighted by Gasteiger charge is 2.13. The molecule has 1 unspecified atom stereocenters. The van der Waals surface area contributed by atoms with Crippen molar-refractivity contribution in [2.75, 3.05) is 0 Å². The molecule has 1 heteroatoms. The van der Waals surface area contributed by atoms with Crippen molar-refractivity contribution in [1.82, 2.24) is 0 Å². The van der Waals surface area contributed by atoms with Crippen LogP contribution in [0.1, 0.15) is 45.0 Å². The number of aryl methyl sites for hydroxylation is 5. The van der Waals surface area contributed by atoms with Crippen molar-refractivity contribution in [3.8, 4) is 0 Å². The van der Waals surface area contributed by atoms with Crippen LogP contribution >= 0.6 is 0 Å². The Labute approximate surface area is 122 Å². The summed E-state index contributed by atoms with van der Waals surface area (Å²) in [4.78, 5) is 0. The fraction of sp³-hybridized carbons (Fsp3) is 0.368. The van der Waals surface area contributed by atoms with Gasteiger partial charge in [0, 0.05) is 6.42 Å². The Kier molecular flexibility index (Phi) is 4.29. The Bertz CT molecular complexity index is 606. The van der Waals surface area contributed by atoms with Crippen LogP contribution in [0.5, 0.6) is 0 Å². The van der Waals surface area contributed by atoms with Crippen LogP contribution in [0.2, 0.25) is 0 Å². The molecule has 106 valence electrons. The lowest BCUT2D eigenvalue weighted by molar-refractivity contribution is 0.177. The molecule has 1 atom stereocenters. The van der Waals surface area contributed by atoms with E-state index in [9.17, 15) is 5.11 Å². The number of hydrogen-bond acceptors (Lipinski definition) is 1. The molecule has 0 aliphatic rings. The van der Waals surface area contributed by atoms with Crippen LogP contribution in [-0.2, 0) is 6.42 Å². The summed E-state index contributed by atoms with van der Waals surface area (Å²) in [6, 6.07) is 10.8. The standard InChI is InChI=1S/C19H24O/c1-12-6-13(2)8-17(7-12)11-19(20)18-10-15(4)14(3)9-16(18)5/h6-10,19-20H,11H2,1-5H3. The molecular formula is C19H24O. The van der Waals surface area contributed by atoms with Crippen LogP contribution in [0.3, 0.4) is 0 Å². The second kappa shape index (κ2) is 5.80. The molecule has 2 aromatic carbocycles. The summed E-state index contributed by atoms with van der Waals surface area (Å²) in [6.07, 6.45) is 0.238. The molecule has 0 aromatic heterocycles. The van der Waals surface area contributed by atoms with Crippen LogP contribution in [0, 0.1) is 34.6 Å². The second-order valence-corrected chi connectivity index (χ2v) is 6.01. The lowest BCUT2D eigenvalue weighted by Gasteiger charge is -2.16. The largest absolute Gasteiger partial charge is 0.388 e. The summed E-state index contributed by atoms with van der Waals surface area (Å²) in [6.45, 7) is 10.5. The van der Waals surface area contributed by atoms with E-state index in [1.54, 1.807) is 0 Å². The predicted molar refractivity (Wildman–Crippen MR) is 85.2 cm³/mol. The van der Waals surface area contributed by atoms with Crippen LogP contribution in [0.4, 0.5) is 0 Å². The maximum Gasteiger partial charge on any atom is 0.0833 e. The van der Waals surface area contributed by atoms with Gasteiger partial charge in [-0.3, -0.25) is 0 Å². The first-order valence-electron chi connectivity index (χ1n) is 7.20. The molecule has 0 radical (unpaired) electrons. The number of aliphatic hydroxyl groups is 1. The monoisotopic (exact) mass is 268 g/mol. The zero-order valence-electron chi connectivity index (χ0n) is 13.1. The van der Waals surface area contributed by atoms with Gasteiger partial charge in [0.1, 0.15) is 0 Å². The van der Waals surface area contributed by atoms with Crippen molar-refractivity contribution in [1.29, 1.82) is 0 Å². The minimum atomic E-state index is -0.435. The van der Waals surface area contributed by atoms with E-state index in [1.807, 2.05) is 0 Å². The van der Waals surface area contributed by atoms with Gasteiger partial charge in [0.15, 0.2) is 0 Å². The van der Waals surface area contributed by atoms with E-state index in [4.69, 9.17) is 0 Å². The van der Waals surface area contributed by atoms with E-state index in [0.29, 0.717) is 6.42 Å². The molecule has 2 aromatic rings. The van der Waals surface area contributed by atoms with Crippen LogP contribution in [-0.4, -0.2) is 5.11 Å². The van der Waals surface area contributed by atoms with Crippen molar-refractivity contribution >= 4 is 0 Å². The first-order valence-corrected chi connectivity index (χ1v) is 7.20. The van der Waals surface area contributed by atoms with Crippen LogP contribution < -0.4 is 0 Å². The fourth-order valence-corrected chi connectivity index (χ4v) is 2.86. The van der Waals surface area contributed by atoms with E-state index in [-0.39, 0.29) is 0 Å². The molecule has 0 bridgehead atoms. The van der Waals surface area contributed by atoms with Gasteiger partial charge in [0.25, 0.3) is 0 Å². The molecule has 1 N–H and O–H groups in total. The zero-order valence-corrected chi connectivity index (χ0v) is 13.1. The van der Waals surface area contributed by atoms with Gasteiger partial charge in [0.05, 0.1) is 6.10 Å². The molecule has 0 heterocycles. The minimum Gasteiger partial charge on any atom is -0.388 e. The molecule has 0 saturated carbocycles. The quantitative estimate of drug-likeness (QED) is 0.868. The summed E-state index contributed by atoms with van der Waals surface area (Å²) in [7, 11) is 0. The highest BCUT2D eigenvalue weighted by atomic mass is 16.3. The highest BCUT2D eigenvalue weighted by molar-refractivity contribution is 5.38. The van der Waals surface area contributed by atoms with Gasteiger partial charge in [-0.1, -0.05) is 41.5 Å². The summed E-state index contributed by atoms with van der Waals surface area (Å²) in [5.41, 5.74) is 8.45. The number of benzene rings is 2. The average molecular weight is 268 g/mol. The smallest absolute Gasteiger partial charge is 0.0833 e. The van der Waals surface area contributed by atoms with Gasteiger partial charge in [-0.05, 0) is 62.4 Å². The van der Waals surface area contributed by atoms with Crippen LogP contribution in [0.15, 0.2) is 30.3 Å². The van der Waals surface area contributed by atoms with E-state index in [0.717, 1.165) is 5.56 Å². The Morgan fingerprint density at radius 3 is 1.90 bits per heavy atom. The Balaban J connectivity index is 2.28. The van der Waals surface area contributed by atoms with Crippen molar-refractivity contribution < 1.29 is 5.11 Å². The predicted octanol–water partition coefficient (Wildman–Crippen LogP) is 4.50. The number of hydrogen-bond donors (Lipinski definition) is 1. The summed E-state index contributed by atoms with van der Waals surface area (Å²) < 4.78 is 0. The molecule has 0 amide bonds. The lowest BCUT2D eigenvalue weighted by Crippen LogP contribution is -2.05. The number of aliphatic hydroxyl groups excluding tert-OH is 1. The first-order chi connectivity index (χ1) is 9.36. The molecule has 0 fully saturated rings. The SMILES string of the molecule is Cc1cc(C)cc(CC(O)c2cc(C)c(C)cc2C)c1. The number of rotatable bonds is 3. The molecule has 0 saturated heterocycles. The molecular weight excluding hydrogens is 244 g/mol. The Morgan fingerprint density at radius 1 is 0.750 bits per heavy atom. The maximum absolute atomic E-state index is 10.6. The van der Waals surface area contributed by atoms with Gasteiger partial charge < -0.3 is 5.11 Å². The minimum absolute atomic E-state index is 0.435. The second-order valence-electron chi connectivity index (χ2n) is 6.01. The first kappa shape index (κ1) is 14.8. The normalized spacial score (nSPS) is 12.5. The highest BCUT2D eigenvalue weighted by Crippen LogP contribution is 2.25. The maximum atomic E-state index is 10.6. The zero-order chi connectivity index (χ0) is 14.9. The van der Waals surface area contributed by atoms with Crippen molar-refractivity contribution in [3.63, 3.8) is 0 Å². The third kappa shape index (κ3) is 3.29. The summed E-state index contributed by atoms with van der Waals surface area (Å²) in [5.74, 6) is 0. The third-order valence-electron chi connectivity index (χ3n) is 3.95. The summed E-state index contributed by atoms with van der Waals surface area (Å²) in [5, 5.41) is 10.6.